The summed E-state index contributed by atoms with van der Waals surface area (Å²) in [7, 11) is 0. The maximum Gasteiger partial charge on any atom is 0.254 e. The first-order chi connectivity index (χ1) is 10.1. The average molecular weight is 306 g/mol. The van der Waals surface area contributed by atoms with E-state index in [-0.39, 0.29) is 24.3 Å². The standard InChI is InChI=1S/C15H18N2O3S/c1-10(6-7-14(19)16-9-18)17-8-12-11(15(17)20)4-3-5-13(12)21-2/h3-5,9-10H,6-8H2,1-2H3,(H,16,18,19). The fourth-order valence-electron chi connectivity index (χ4n) is 2.51. The van der Waals surface area contributed by atoms with Gasteiger partial charge in [-0.25, -0.2) is 0 Å². The van der Waals surface area contributed by atoms with E-state index in [0.29, 0.717) is 19.4 Å². The van der Waals surface area contributed by atoms with Crippen molar-refractivity contribution in [2.45, 2.75) is 37.2 Å². The lowest BCUT2D eigenvalue weighted by Crippen LogP contribution is -2.34. The van der Waals surface area contributed by atoms with Crippen LogP contribution in [-0.2, 0) is 16.1 Å². The van der Waals surface area contributed by atoms with Crippen LogP contribution in [0, 0.1) is 0 Å². The van der Waals surface area contributed by atoms with Gasteiger partial charge in [-0.15, -0.1) is 11.8 Å². The van der Waals surface area contributed by atoms with Gasteiger partial charge in [0, 0.05) is 29.5 Å². The summed E-state index contributed by atoms with van der Waals surface area (Å²) in [6.07, 6.45) is 3.15. The molecular weight excluding hydrogens is 288 g/mol. The van der Waals surface area contributed by atoms with Crippen molar-refractivity contribution < 1.29 is 14.4 Å². The molecule has 6 heteroatoms. The second-order valence-corrected chi connectivity index (χ2v) is 5.84. The zero-order valence-electron chi connectivity index (χ0n) is 12.1. The van der Waals surface area contributed by atoms with Gasteiger partial charge in [0.1, 0.15) is 0 Å². The molecule has 0 fully saturated rings. The molecule has 5 nitrogen and oxygen atoms in total. The third kappa shape index (κ3) is 3.26. The van der Waals surface area contributed by atoms with Gasteiger partial charge < -0.3 is 4.90 Å². The quantitative estimate of drug-likeness (QED) is 0.643. The summed E-state index contributed by atoms with van der Waals surface area (Å²) in [6.45, 7) is 2.51. The first-order valence-corrected chi connectivity index (χ1v) is 8.00. The number of fused-ring (bicyclic) bond motifs is 1. The minimum absolute atomic E-state index is 0.0178. The number of hydrogen-bond donors (Lipinski definition) is 1. The molecule has 1 atom stereocenters. The number of nitrogens with zero attached hydrogens (tertiary/aromatic N) is 1. The van der Waals surface area contributed by atoms with Crippen molar-refractivity contribution in [2.75, 3.05) is 6.26 Å². The molecule has 21 heavy (non-hydrogen) atoms. The summed E-state index contributed by atoms with van der Waals surface area (Å²) in [5, 5.41) is 2.11. The minimum atomic E-state index is -0.314. The molecule has 1 aliphatic rings. The molecule has 1 aliphatic heterocycles. The highest BCUT2D eigenvalue weighted by molar-refractivity contribution is 7.98. The number of amides is 3. The number of hydrogen-bond acceptors (Lipinski definition) is 4. The summed E-state index contributed by atoms with van der Waals surface area (Å²) >= 11 is 1.63. The first kappa shape index (κ1) is 15.6. The Morgan fingerprint density at radius 1 is 1.52 bits per heavy atom. The third-order valence-corrected chi connectivity index (χ3v) is 4.54. The molecule has 1 aromatic carbocycles. The summed E-state index contributed by atoms with van der Waals surface area (Å²) in [6, 6.07) is 5.72. The lowest BCUT2D eigenvalue weighted by Gasteiger charge is -2.24. The van der Waals surface area contributed by atoms with Crippen LogP contribution in [0.3, 0.4) is 0 Å². The van der Waals surface area contributed by atoms with Crippen molar-refractivity contribution in [3.63, 3.8) is 0 Å². The Labute approximate surface area is 128 Å². The number of carbonyl (C=O) groups is 3. The van der Waals surface area contributed by atoms with Gasteiger partial charge in [-0.3, -0.25) is 19.7 Å². The molecule has 1 aromatic rings. The predicted molar refractivity (Wildman–Crippen MR) is 81.0 cm³/mol. The Kier molecular flexibility index (Phi) is 5.01. The minimum Gasteiger partial charge on any atom is -0.332 e. The second kappa shape index (κ2) is 6.76. The molecule has 0 saturated heterocycles. The van der Waals surface area contributed by atoms with Crippen LogP contribution in [0.4, 0.5) is 0 Å². The Hall–Kier alpha value is -1.82. The van der Waals surface area contributed by atoms with Gasteiger partial charge in [0.2, 0.25) is 12.3 Å². The van der Waals surface area contributed by atoms with Crippen LogP contribution in [-0.4, -0.2) is 35.4 Å². The molecule has 1 heterocycles. The van der Waals surface area contributed by atoms with E-state index in [4.69, 9.17) is 0 Å². The van der Waals surface area contributed by atoms with Crippen molar-refractivity contribution in [1.82, 2.24) is 10.2 Å². The lowest BCUT2D eigenvalue weighted by molar-refractivity contribution is -0.125. The fourth-order valence-corrected chi connectivity index (χ4v) is 3.14. The van der Waals surface area contributed by atoms with Crippen molar-refractivity contribution in [1.29, 1.82) is 0 Å². The van der Waals surface area contributed by atoms with Crippen molar-refractivity contribution >= 4 is 30.0 Å². The molecule has 0 radical (unpaired) electrons. The van der Waals surface area contributed by atoms with Gasteiger partial charge in [-0.1, -0.05) is 6.07 Å². The highest BCUT2D eigenvalue weighted by Crippen LogP contribution is 2.32. The smallest absolute Gasteiger partial charge is 0.254 e. The molecule has 2 rings (SSSR count). The summed E-state index contributed by atoms with van der Waals surface area (Å²) < 4.78 is 0. The summed E-state index contributed by atoms with van der Waals surface area (Å²) in [5.74, 6) is -0.296. The van der Waals surface area contributed by atoms with Gasteiger partial charge in [0.15, 0.2) is 0 Å². The molecule has 0 aliphatic carbocycles. The average Bonchev–Trinajstić information content (AvgIpc) is 2.82. The number of thioether (sulfide) groups is 1. The Bertz CT molecular complexity index is 574. The van der Waals surface area contributed by atoms with E-state index >= 15 is 0 Å². The fraction of sp³-hybridized carbons (Fsp3) is 0.400. The number of nitrogens with one attached hydrogen (secondary N) is 1. The van der Waals surface area contributed by atoms with Crippen LogP contribution in [0.2, 0.25) is 0 Å². The van der Waals surface area contributed by atoms with Crippen LogP contribution < -0.4 is 5.32 Å². The molecule has 3 amide bonds. The Balaban J connectivity index is 2.05. The van der Waals surface area contributed by atoms with E-state index in [2.05, 4.69) is 5.32 Å². The first-order valence-electron chi connectivity index (χ1n) is 6.78. The molecule has 0 spiro atoms. The normalized spacial score (nSPS) is 14.8. The van der Waals surface area contributed by atoms with Crippen LogP contribution in [0.15, 0.2) is 23.1 Å². The summed E-state index contributed by atoms with van der Waals surface area (Å²) in [5.41, 5.74) is 1.82. The Morgan fingerprint density at radius 2 is 2.29 bits per heavy atom. The molecule has 0 saturated carbocycles. The highest BCUT2D eigenvalue weighted by atomic mass is 32.2. The number of imide groups is 1. The van der Waals surface area contributed by atoms with E-state index in [9.17, 15) is 14.4 Å². The van der Waals surface area contributed by atoms with E-state index in [1.54, 1.807) is 16.7 Å². The van der Waals surface area contributed by atoms with Gasteiger partial charge in [0.05, 0.1) is 0 Å². The van der Waals surface area contributed by atoms with Gasteiger partial charge in [-0.2, -0.15) is 0 Å². The molecule has 0 bridgehead atoms. The van der Waals surface area contributed by atoms with E-state index < -0.39 is 0 Å². The van der Waals surface area contributed by atoms with E-state index in [1.165, 1.54) is 0 Å². The SMILES string of the molecule is CSc1cccc2c1CN(C(C)CCC(=O)NC=O)C2=O. The van der Waals surface area contributed by atoms with Gasteiger partial charge >= 0.3 is 0 Å². The second-order valence-electron chi connectivity index (χ2n) is 4.99. The zero-order chi connectivity index (χ0) is 15.4. The topological polar surface area (TPSA) is 66.5 Å². The van der Waals surface area contributed by atoms with E-state index in [1.807, 2.05) is 31.4 Å². The van der Waals surface area contributed by atoms with Gasteiger partial charge in [0.25, 0.3) is 5.91 Å². The van der Waals surface area contributed by atoms with Crippen LogP contribution in [0.5, 0.6) is 0 Å². The molecule has 0 aromatic heterocycles. The highest BCUT2D eigenvalue weighted by Gasteiger charge is 2.32. The van der Waals surface area contributed by atoms with Crippen molar-refractivity contribution in [2.24, 2.45) is 0 Å². The molecule has 1 N–H and O–H groups in total. The molecule has 112 valence electrons. The molecular formula is C15H18N2O3S. The number of rotatable bonds is 6. The van der Waals surface area contributed by atoms with Gasteiger partial charge in [-0.05, 0) is 37.3 Å². The predicted octanol–water partition coefficient (Wildman–Crippen LogP) is 1.81. The largest absolute Gasteiger partial charge is 0.332 e. The summed E-state index contributed by atoms with van der Waals surface area (Å²) in [4.78, 5) is 36.8. The van der Waals surface area contributed by atoms with Crippen LogP contribution in [0.1, 0.15) is 35.7 Å². The van der Waals surface area contributed by atoms with Crippen molar-refractivity contribution in [3.8, 4) is 0 Å². The van der Waals surface area contributed by atoms with Crippen LogP contribution in [0.25, 0.3) is 0 Å². The third-order valence-electron chi connectivity index (χ3n) is 3.71. The molecule has 1 unspecified atom stereocenters. The lowest BCUT2D eigenvalue weighted by atomic mass is 10.1. The van der Waals surface area contributed by atoms with Crippen molar-refractivity contribution in [3.05, 3.63) is 29.3 Å². The zero-order valence-corrected chi connectivity index (χ0v) is 12.9. The number of benzene rings is 1. The monoisotopic (exact) mass is 306 g/mol. The maximum absolute atomic E-state index is 12.4. The maximum atomic E-state index is 12.4. The van der Waals surface area contributed by atoms with E-state index in [0.717, 1.165) is 16.0 Å². The van der Waals surface area contributed by atoms with Crippen LogP contribution >= 0.6 is 11.8 Å². The number of carbonyl (C=O) groups excluding carboxylic acids is 3. The Morgan fingerprint density at radius 3 is 2.95 bits per heavy atom.